The summed E-state index contributed by atoms with van der Waals surface area (Å²) in [5.41, 5.74) is 5.06. The maximum absolute atomic E-state index is 11.7. The fraction of sp³-hybridized carbons (Fsp3) is 0.923. The van der Waals surface area contributed by atoms with Gasteiger partial charge in [0, 0.05) is 17.9 Å². The van der Waals surface area contributed by atoms with Crippen molar-refractivity contribution in [3.05, 3.63) is 0 Å². The molecular weight excluding hydrogens is 248 g/mol. The van der Waals surface area contributed by atoms with Crippen molar-refractivity contribution in [2.75, 3.05) is 12.4 Å². The van der Waals surface area contributed by atoms with Crippen LogP contribution in [0.5, 0.6) is 0 Å². The molecule has 18 heavy (non-hydrogen) atoms. The number of aliphatic hydroxyl groups excluding tert-OH is 1. The fourth-order valence-corrected chi connectivity index (χ4v) is 3.87. The lowest BCUT2D eigenvalue weighted by molar-refractivity contribution is -0.124. The molecule has 1 amide bonds. The average molecular weight is 274 g/mol. The van der Waals surface area contributed by atoms with Gasteiger partial charge >= 0.3 is 0 Å². The normalized spacial score (nSPS) is 29.7. The minimum atomic E-state index is -0.520. The standard InChI is InChI=1S/C13H26N2O2S/c1-9(2)15-13(12(14)17)5-4-11(6-13)18-8-10(3)7-16/h9-11,15-16H,4-8H2,1-3H3,(H2,14,17). The molecule has 0 aromatic heterocycles. The van der Waals surface area contributed by atoms with Crippen LogP contribution in [0.1, 0.15) is 40.0 Å². The maximum Gasteiger partial charge on any atom is 0.237 e. The highest BCUT2D eigenvalue weighted by atomic mass is 32.2. The Morgan fingerprint density at radius 2 is 2.22 bits per heavy atom. The molecule has 0 heterocycles. The van der Waals surface area contributed by atoms with Crippen LogP contribution in [0, 0.1) is 5.92 Å². The first-order chi connectivity index (χ1) is 8.39. The molecular formula is C13H26N2O2S. The molecule has 0 aromatic rings. The summed E-state index contributed by atoms with van der Waals surface area (Å²) in [5.74, 6) is 1.03. The summed E-state index contributed by atoms with van der Waals surface area (Å²) in [4.78, 5) is 11.7. The van der Waals surface area contributed by atoms with Gasteiger partial charge in [0.1, 0.15) is 0 Å². The van der Waals surface area contributed by atoms with Gasteiger partial charge in [0.2, 0.25) is 5.91 Å². The van der Waals surface area contributed by atoms with Crippen LogP contribution in [0.25, 0.3) is 0 Å². The second-order valence-corrected chi connectivity index (χ2v) is 7.06. The van der Waals surface area contributed by atoms with Crippen LogP contribution in [0.4, 0.5) is 0 Å². The quantitative estimate of drug-likeness (QED) is 0.650. The zero-order valence-corrected chi connectivity index (χ0v) is 12.4. The molecule has 3 atom stereocenters. The number of nitrogens with two attached hydrogens (primary N) is 1. The minimum Gasteiger partial charge on any atom is -0.396 e. The zero-order valence-electron chi connectivity index (χ0n) is 11.6. The largest absolute Gasteiger partial charge is 0.396 e. The van der Waals surface area contributed by atoms with Crippen LogP contribution < -0.4 is 11.1 Å². The molecule has 1 aliphatic carbocycles. The van der Waals surface area contributed by atoms with Gasteiger partial charge in [0.15, 0.2) is 0 Å². The molecule has 4 nitrogen and oxygen atoms in total. The lowest BCUT2D eigenvalue weighted by Crippen LogP contribution is -2.56. The predicted octanol–water partition coefficient (Wildman–Crippen LogP) is 1.12. The number of amides is 1. The summed E-state index contributed by atoms with van der Waals surface area (Å²) >= 11 is 1.86. The molecule has 3 unspecified atom stereocenters. The second kappa shape index (κ2) is 6.78. The van der Waals surface area contributed by atoms with Gasteiger partial charge in [-0.2, -0.15) is 11.8 Å². The maximum atomic E-state index is 11.7. The van der Waals surface area contributed by atoms with Crippen LogP contribution in [-0.2, 0) is 4.79 Å². The van der Waals surface area contributed by atoms with Crippen LogP contribution in [0.2, 0.25) is 0 Å². The number of carbonyl (C=O) groups is 1. The summed E-state index contributed by atoms with van der Waals surface area (Å²) < 4.78 is 0. The molecule has 0 aliphatic heterocycles. The summed E-state index contributed by atoms with van der Waals surface area (Å²) in [6.45, 7) is 6.35. The first kappa shape index (κ1) is 15.8. The molecule has 4 N–H and O–H groups in total. The number of rotatable bonds is 7. The Morgan fingerprint density at radius 3 is 2.72 bits per heavy atom. The lowest BCUT2D eigenvalue weighted by Gasteiger charge is -2.29. The van der Waals surface area contributed by atoms with Crippen molar-refractivity contribution in [2.24, 2.45) is 11.7 Å². The number of nitrogens with one attached hydrogen (secondary N) is 1. The van der Waals surface area contributed by atoms with Gasteiger partial charge in [0.05, 0.1) is 5.54 Å². The first-order valence-electron chi connectivity index (χ1n) is 6.69. The lowest BCUT2D eigenvalue weighted by atomic mass is 9.96. The number of hydrogen-bond donors (Lipinski definition) is 3. The molecule has 1 saturated carbocycles. The number of aliphatic hydroxyl groups is 1. The van der Waals surface area contributed by atoms with Crippen LogP contribution in [0.15, 0.2) is 0 Å². The molecule has 0 spiro atoms. The smallest absolute Gasteiger partial charge is 0.237 e. The highest BCUT2D eigenvalue weighted by molar-refractivity contribution is 7.99. The Kier molecular flexibility index (Phi) is 5.95. The number of thioether (sulfide) groups is 1. The Bertz CT molecular complexity index is 286. The van der Waals surface area contributed by atoms with E-state index in [-0.39, 0.29) is 18.6 Å². The van der Waals surface area contributed by atoms with Gasteiger partial charge in [0.25, 0.3) is 0 Å². The van der Waals surface area contributed by atoms with Gasteiger partial charge in [-0.15, -0.1) is 0 Å². The van der Waals surface area contributed by atoms with E-state index in [1.54, 1.807) is 0 Å². The molecule has 1 fully saturated rings. The fourth-order valence-electron chi connectivity index (χ4n) is 2.47. The SMILES string of the molecule is CC(CO)CSC1CCC(NC(C)C)(C(N)=O)C1. The highest BCUT2D eigenvalue weighted by Crippen LogP contribution is 2.38. The van der Waals surface area contributed by atoms with Gasteiger partial charge in [-0.3, -0.25) is 4.79 Å². The van der Waals surface area contributed by atoms with Crippen molar-refractivity contribution in [2.45, 2.75) is 56.9 Å². The van der Waals surface area contributed by atoms with E-state index in [0.29, 0.717) is 11.2 Å². The summed E-state index contributed by atoms with van der Waals surface area (Å²) in [7, 11) is 0. The van der Waals surface area contributed by atoms with Crippen molar-refractivity contribution in [1.29, 1.82) is 0 Å². The summed E-state index contributed by atoms with van der Waals surface area (Å²) in [5, 5.41) is 12.8. The molecule has 1 aliphatic rings. The molecule has 0 radical (unpaired) electrons. The third-order valence-electron chi connectivity index (χ3n) is 3.43. The Hall–Kier alpha value is -0.260. The Labute approximate surface area is 114 Å². The van der Waals surface area contributed by atoms with E-state index in [0.717, 1.165) is 25.0 Å². The number of primary amides is 1. The van der Waals surface area contributed by atoms with E-state index in [4.69, 9.17) is 10.8 Å². The number of hydrogen-bond acceptors (Lipinski definition) is 4. The van der Waals surface area contributed by atoms with Crippen LogP contribution in [-0.4, -0.2) is 40.2 Å². The van der Waals surface area contributed by atoms with E-state index in [2.05, 4.69) is 5.32 Å². The van der Waals surface area contributed by atoms with E-state index in [1.807, 2.05) is 32.5 Å². The monoisotopic (exact) mass is 274 g/mol. The predicted molar refractivity (Wildman–Crippen MR) is 76.5 cm³/mol. The van der Waals surface area contributed by atoms with Crippen molar-refractivity contribution in [3.8, 4) is 0 Å². The third-order valence-corrected chi connectivity index (χ3v) is 5.07. The minimum absolute atomic E-state index is 0.227. The van der Waals surface area contributed by atoms with E-state index in [9.17, 15) is 4.79 Å². The molecule has 1 rings (SSSR count). The van der Waals surface area contributed by atoms with Crippen molar-refractivity contribution in [3.63, 3.8) is 0 Å². The molecule has 106 valence electrons. The Morgan fingerprint density at radius 1 is 1.56 bits per heavy atom. The highest BCUT2D eigenvalue weighted by Gasteiger charge is 2.44. The second-order valence-electron chi connectivity index (χ2n) is 5.73. The van der Waals surface area contributed by atoms with Crippen LogP contribution in [0.3, 0.4) is 0 Å². The average Bonchev–Trinajstić information content (AvgIpc) is 2.70. The van der Waals surface area contributed by atoms with Gasteiger partial charge in [-0.05, 0) is 44.8 Å². The summed E-state index contributed by atoms with van der Waals surface area (Å²) in [6, 6.07) is 0.262. The van der Waals surface area contributed by atoms with Crippen molar-refractivity contribution >= 4 is 17.7 Å². The van der Waals surface area contributed by atoms with Crippen LogP contribution >= 0.6 is 11.8 Å². The molecule has 0 saturated heterocycles. The number of carbonyl (C=O) groups excluding carboxylic acids is 1. The topological polar surface area (TPSA) is 75.3 Å². The third kappa shape index (κ3) is 4.14. The molecule has 0 aromatic carbocycles. The Balaban J connectivity index is 2.52. The van der Waals surface area contributed by atoms with E-state index < -0.39 is 5.54 Å². The molecule has 0 bridgehead atoms. The van der Waals surface area contributed by atoms with E-state index in [1.165, 1.54) is 0 Å². The van der Waals surface area contributed by atoms with Crippen molar-refractivity contribution in [1.82, 2.24) is 5.32 Å². The molecule has 5 heteroatoms. The van der Waals surface area contributed by atoms with Gasteiger partial charge in [-0.25, -0.2) is 0 Å². The van der Waals surface area contributed by atoms with Gasteiger partial charge < -0.3 is 16.2 Å². The first-order valence-corrected chi connectivity index (χ1v) is 7.74. The summed E-state index contributed by atoms with van der Waals surface area (Å²) in [6.07, 6.45) is 2.65. The van der Waals surface area contributed by atoms with E-state index >= 15 is 0 Å². The van der Waals surface area contributed by atoms with Gasteiger partial charge in [-0.1, -0.05) is 6.92 Å². The zero-order chi connectivity index (χ0) is 13.8. The van der Waals surface area contributed by atoms with Crippen molar-refractivity contribution < 1.29 is 9.90 Å².